The molecule has 39 heavy (non-hydrogen) atoms. The molecule has 2 saturated heterocycles. The van der Waals surface area contributed by atoms with Crippen LogP contribution in [0.3, 0.4) is 0 Å². The summed E-state index contributed by atoms with van der Waals surface area (Å²) in [5.41, 5.74) is 0.872. The molecule has 0 radical (unpaired) electrons. The van der Waals surface area contributed by atoms with Crippen molar-refractivity contribution in [2.24, 2.45) is 0 Å². The van der Waals surface area contributed by atoms with Gasteiger partial charge in [0.2, 0.25) is 0 Å². The van der Waals surface area contributed by atoms with Gasteiger partial charge in [0, 0.05) is 55.0 Å². The van der Waals surface area contributed by atoms with Gasteiger partial charge in [-0.15, -0.1) is 0 Å². The number of para-hydroxylation sites is 1. The molecule has 0 saturated carbocycles. The van der Waals surface area contributed by atoms with Crippen molar-refractivity contribution in [1.82, 2.24) is 20.4 Å². The van der Waals surface area contributed by atoms with E-state index in [0.717, 1.165) is 24.9 Å². The van der Waals surface area contributed by atoms with Gasteiger partial charge in [-0.25, -0.2) is 4.79 Å². The molecule has 0 unspecified atom stereocenters. The van der Waals surface area contributed by atoms with E-state index < -0.39 is 24.7 Å². The van der Waals surface area contributed by atoms with E-state index in [1.165, 1.54) is 6.26 Å². The van der Waals surface area contributed by atoms with Crippen molar-refractivity contribution in [1.29, 1.82) is 5.26 Å². The number of urea groups is 1. The summed E-state index contributed by atoms with van der Waals surface area (Å²) in [6, 6.07) is 7.92. The predicted molar refractivity (Wildman–Crippen MR) is 145 cm³/mol. The summed E-state index contributed by atoms with van der Waals surface area (Å²) in [5, 5.41) is 35.4. The second-order valence-corrected chi connectivity index (χ2v) is 10.5. The molecule has 3 amide bonds. The quantitative estimate of drug-likeness (QED) is 0.215. The van der Waals surface area contributed by atoms with Crippen LogP contribution in [-0.2, 0) is 9.53 Å². The molecule has 2 aliphatic rings. The SMILES string of the molecule is CC(C)(C=C(C#N)C(=O)N1CCC[C@@H]1CNC(=O)N[C@H](CB(O)O)c1coc2ccccc12)N1CCOCC1. The van der Waals surface area contributed by atoms with Crippen molar-refractivity contribution in [2.75, 3.05) is 39.4 Å². The molecule has 0 aliphatic carbocycles. The minimum absolute atomic E-state index is 0.0895. The number of hydrogen-bond acceptors (Lipinski definition) is 8. The smallest absolute Gasteiger partial charge is 0.453 e. The Morgan fingerprint density at radius 3 is 2.72 bits per heavy atom. The third-order valence-corrected chi connectivity index (χ3v) is 7.45. The van der Waals surface area contributed by atoms with Gasteiger partial charge in [0.25, 0.3) is 5.91 Å². The van der Waals surface area contributed by atoms with Gasteiger partial charge in [-0.3, -0.25) is 9.69 Å². The summed E-state index contributed by atoms with van der Waals surface area (Å²) >= 11 is 0. The first-order valence-corrected chi connectivity index (χ1v) is 13.3. The summed E-state index contributed by atoms with van der Waals surface area (Å²) in [6.45, 7) is 7.36. The fraction of sp³-hybridized carbons (Fsp3) is 0.519. The number of nitriles is 1. The number of carbonyl (C=O) groups excluding carboxylic acids is 2. The normalized spacial score (nSPS) is 19.5. The zero-order chi connectivity index (χ0) is 28.0. The molecule has 208 valence electrons. The lowest BCUT2D eigenvalue weighted by Gasteiger charge is -2.39. The van der Waals surface area contributed by atoms with Crippen LogP contribution in [0.5, 0.6) is 0 Å². The van der Waals surface area contributed by atoms with Gasteiger partial charge in [0.15, 0.2) is 0 Å². The van der Waals surface area contributed by atoms with Crippen LogP contribution < -0.4 is 10.6 Å². The van der Waals surface area contributed by atoms with E-state index in [-0.39, 0.29) is 30.4 Å². The zero-order valence-electron chi connectivity index (χ0n) is 22.4. The van der Waals surface area contributed by atoms with Gasteiger partial charge in [-0.05, 0) is 38.8 Å². The molecule has 2 aromatic rings. The van der Waals surface area contributed by atoms with E-state index in [1.54, 1.807) is 17.0 Å². The van der Waals surface area contributed by atoms with Crippen molar-refractivity contribution in [3.8, 4) is 6.07 Å². The third-order valence-electron chi connectivity index (χ3n) is 7.45. The minimum Gasteiger partial charge on any atom is -0.464 e. The van der Waals surface area contributed by atoms with Crippen LogP contribution in [0.4, 0.5) is 4.79 Å². The Kier molecular flexibility index (Phi) is 9.30. The molecule has 3 heterocycles. The van der Waals surface area contributed by atoms with Crippen LogP contribution in [0.25, 0.3) is 11.0 Å². The van der Waals surface area contributed by atoms with Crippen LogP contribution in [0.1, 0.15) is 38.3 Å². The molecule has 2 fully saturated rings. The first-order chi connectivity index (χ1) is 18.7. The van der Waals surface area contributed by atoms with Gasteiger partial charge in [0.1, 0.15) is 17.2 Å². The maximum atomic E-state index is 13.4. The molecule has 1 aromatic carbocycles. The highest BCUT2D eigenvalue weighted by molar-refractivity contribution is 6.41. The lowest BCUT2D eigenvalue weighted by atomic mass is 9.79. The maximum absolute atomic E-state index is 13.4. The number of benzene rings is 1. The van der Waals surface area contributed by atoms with Crippen molar-refractivity contribution in [3.05, 3.63) is 47.7 Å². The molecule has 1 aromatic heterocycles. The number of amides is 3. The maximum Gasteiger partial charge on any atom is 0.453 e. The number of hydrogen-bond donors (Lipinski definition) is 4. The summed E-state index contributed by atoms with van der Waals surface area (Å²) in [6.07, 6.45) is 4.58. The lowest BCUT2D eigenvalue weighted by molar-refractivity contribution is -0.127. The van der Waals surface area contributed by atoms with E-state index in [9.17, 15) is 24.9 Å². The van der Waals surface area contributed by atoms with Gasteiger partial charge >= 0.3 is 13.1 Å². The number of carbonyl (C=O) groups is 2. The number of rotatable bonds is 9. The van der Waals surface area contributed by atoms with E-state index >= 15 is 0 Å². The molecule has 4 rings (SSSR count). The lowest BCUT2D eigenvalue weighted by Crippen LogP contribution is -2.50. The summed E-state index contributed by atoms with van der Waals surface area (Å²) in [4.78, 5) is 30.1. The van der Waals surface area contributed by atoms with Crippen LogP contribution >= 0.6 is 0 Å². The zero-order valence-corrected chi connectivity index (χ0v) is 22.4. The first-order valence-electron chi connectivity index (χ1n) is 13.3. The number of nitrogens with zero attached hydrogens (tertiary/aromatic N) is 3. The van der Waals surface area contributed by atoms with Crippen molar-refractivity contribution in [3.63, 3.8) is 0 Å². The molecule has 4 N–H and O–H groups in total. The molecule has 0 spiro atoms. The number of fused-ring (bicyclic) bond motifs is 1. The van der Waals surface area contributed by atoms with E-state index in [1.807, 2.05) is 32.0 Å². The highest BCUT2D eigenvalue weighted by Gasteiger charge is 2.34. The molecule has 2 aliphatic heterocycles. The molecular weight excluding hydrogens is 501 g/mol. The average Bonchev–Trinajstić information content (AvgIpc) is 3.57. The highest BCUT2D eigenvalue weighted by Crippen LogP contribution is 2.29. The Labute approximate surface area is 228 Å². The highest BCUT2D eigenvalue weighted by atomic mass is 16.5. The standard InChI is InChI=1S/C27H36BN5O6/c1-27(2,32-10-12-38-13-11-32)14-19(16-29)25(34)33-9-5-6-20(33)17-30-26(35)31-23(15-28(36)37)22-18-39-24-8-4-3-7-21(22)24/h3-4,7-8,14,18,20,23,36-37H,5-6,9-13,15,17H2,1-2H3,(H2,30,31,35)/t20-,23-/m1/s1. The fourth-order valence-corrected chi connectivity index (χ4v) is 5.36. The summed E-state index contributed by atoms with van der Waals surface area (Å²) < 4.78 is 11.0. The minimum atomic E-state index is -1.63. The second kappa shape index (κ2) is 12.7. The topological polar surface area (TPSA) is 151 Å². The second-order valence-electron chi connectivity index (χ2n) is 10.5. The average molecular weight is 537 g/mol. The molecule has 0 bridgehead atoms. The Morgan fingerprint density at radius 1 is 1.26 bits per heavy atom. The van der Waals surface area contributed by atoms with E-state index in [4.69, 9.17) is 9.15 Å². The first kappa shape index (κ1) is 28.6. The predicted octanol–water partition coefficient (Wildman–Crippen LogP) is 1.80. The van der Waals surface area contributed by atoms with E-state index in [2.05, 4.69) is 21.6 Å². The summed E-state index contributed by atoms with van der Waals surface area (Å²) in [7, 11) is -1.63. The number of ether oxygens (including phenoxy) is 1. The van der Waals surface area contributed by atoms with Gasteiger partial charge in [-0.2, -0.15) is 5.26 Å². The molecular formula is C27H36BN5O6. The Bertz CT molecular complexity index is 1230. The number of morpholine rings is 1. The van der Waals surface area contributed by atoms with Gasteiger partial charge < -0.3 is 34.7 Å². The Hall–Kier alpha value is -3.37. The largest absolute Gasteiger partial charge is 0.464 e. The van der Waals surface area contributed by atoms with Gasteiger partial charge in [0.05, 0.1) is 25.5 Å². The Balaban J connectivity index is 1.39. The molecule has 2 atom stereocenters. The van der Waals surface area contributed by atoms with Crippen LogP contribution in [-0.4, -0.2) is 89.9 Å². The van der Waals surface area contributed by atoms with E-state index in [0.29, 0.717) is 37.3 Å². The van der Waals surface area contributed by atoms with Gasteiger partial charge in [-0.1, -0.05) is 18.2 Å². The molecule has 12 heteroatoms. The van der Waals surface area contributed by atoms with Crippen LogP contribution in [0.2, 0.25) is 6.32 Å². The van der Waals surface area contributed by atoms with Crippen LogP contribution in [0.15, 0.2) is 46.6 Å². The number of furan rings is 1. The third kappa shape index (κ3) is 6.99. The number of likely N-dealkylation sites (tertiary alicyclic amines) is 1. The Morgan fingerprint density at radius 2 is 2.00 bits per heavy atom. The van der Waals surface area contributed by atoms with Crippen molar-refractivity contribution >= 4 is 30.0 Å². The van der Waals surface area contributed by atoms with Crippen LogP contribution in [0, 0.1) is 11.3 Å². The monoisotopic (exact) mass is 537 g/mol. The van der Waals surface area contributed by atoms with Crippen molar-refractivity contribution in [2.45, 2.75) is 50.6 Å². The number of nitrogens with one attached hydrogen (secondary N) is 2. The fourth-order valence-electron chi connectivity index (χ4n) is 5.36. The summed E-state index contributed by atoms with van der Waals surface area (Å²) in [5.74, 6) is -0.338. The molecule has 11 nitrogen and oxygen atoms in total. The van der Waals surface area contributed by atoms with Crippen molar-refractivity contribution < 1.29 is 28.8 Å².